The second kappa shape index (κ2) is 8.03. The number of ether oxygens (including phenoxy) is 2. The average Bonchev–Trinajstić information content (AvgIpc) is 3.13. The fourth-order valence-corrected chi connectivity index (χ4v) is 3.09. The van der Waals surface area contributed by atoms with Gasteiger partial charge in [0.25, 0.3) is 0 Å². The molecule has 6 heteroatoms. The zero-order chi connectivity index (χ0) is 19.4. The Kier molecular flexibility index (Phi) is 5.54. The van der Waals surface area contributed by atoms with Crippen molar-refractivity contribution < 1.29 is 19.1 Å². The number of hydrogen-bond donors (Lipinski definition) is 1. The molecule has 1 aliphatic rings. The number of nitrogens with one attached hydrogen (secondary N) is 1. The highest BCUT2D eigenvalue weighted by atomic mass is 16.5. The summed E-state index contributed by atoms with van der Waals surface area (Å²) in [5, 5.41) is 4.14. The molecule has 0 bridgehead atoms. The van der Waals surface area contributed by atoms with Gasteiger partial charge in [-0.05, 0) is 31.5 Å². The number of rotatable bonds is 6. The van der Waals surface area contributed by atoms with Crippen molar-refractivity contribution in [3.63, 3.8) is 0 Å². The number of hydrogen-bond acceptors (Lipinski definition) is 6. The molecule has 2 aromatic carbocycles. The van der Waals surface area contributed by atoms with Crippen molar-refractivity contribution in [2.75, 3.05) is 13.7 Å². The number of carbonyl (C=O) groups excluding carboxylic acids is 2. The molecule has 0 amide bonds. The molecule has 0 saturated heterocycles. The van der Waals surface area contributed by atoms with Gasteiger partial charge in [-0.25, -0.2) is 4.79 Å². The van der Waals surface area contributed by atoms with Gasteiger partial charge in [0.1, 0.15) is 11.8 Å². The summed E-state index contributed by atoms with van der Waals surface area (Å²) in [6, 6.07) is 13.9. The molecule has 6 nitrogen and oxygen atoms in total. The molecule has 1 N–H and O–H groups in total. The molecule has 0 radical (unpaired) electrons. The quantitative estimate of drug-likeness (QED) is 0.628. The van der Waals surface area contributed by atoms with Crippen LogP contribution < -0.4 is 10.2 Å². The molecule has 0 unspecified atom stereocenters. The van der Waals surface area contributed by atoms with Gasteiger partial charge in [0.05, 0.1) is 19.6 Å². The third kappa shape index (κ3) is 3.84. The number of ketones is 1. The second-order valence-electron chi connectivity index (χ2n) is 6.31. The van der Waals surface area contributed by atoms with Crippen LogP contribution in [0.15, 0.2) is 53.6 Å². The van der Waals surface area contributed by atoms with Crippen LogP contribution in [-0.2, 0) is 9.53 Å². The summed E-state index contributed by atoms with van der Waals surface area (Å²) < 4.78 is 10.3. The molecule has 2 atom stereocenters. The monoisotopic (exact) mass is 366 g/mol. The van der Waals surface area contributed by atoms with Crippen molar-refractivity contribution in [1.82, 2.24) is 5.43 Å². The van der Waals surface area contributed by atoms with Crippen LogP contribution in [-0.4, -0.2) is 37.2 Å². The summed E-state index contributed by atoms with van der Waals surface area (Å²) in [5.41, 5.74) is 5.47. The van der Waals surface area contributed by atoms with E-state index in [0.717, 1.165) is 11.1 Å². The van der Waals surface area contributed by atoms with Gasteiger partial charge in [-0.15, -0.1) is 0 Å². The molecule has 27 heavy (non-hydrogen) atoms. The molecule has 140 valence electrons. The van der Waals surface area contributed by atoms with Gasteiger partial charge >= 0.3 is 5.97 Å². The molecule has 0 saturated carbocycles. The van der Waals surface area contributed by atoms with Gasteiger partial charge in [-0.3, -0.25) is 10.2 Å². The first-order chi connectivity index (χ1) is 13.0. The van der Waals surface area contributed by atoms with Crippen LogP contribution in [0, 0.1) is 6.92 Å². The maximum absolute atomic E-state index is 13.1. The maximum Gasteiger partial charge on any atom is 0.355 e. The SMILES string of the molecule is CCOC(=O)C1=NN[C@H](C(=O)c2ccc(C)cc2)[C@H]1c1ccc(OC)cc1. The van der Waals surface area contributed by atoms with E-state index in [0.29, 0.717) is 11.3 Å². The summed E-state index contributed by atoms with van der Waals surface area (Å²) in [4.78, 5) is 25.5. The highest BCUT2D eigenvalue weighted by Gasteiger charge is 2.41. The lowest BCUT2D eigenvalue weighted by Gasteiger charge is -2.20. The molecule has 0 aromatic heterocycles. The maximum atomic E-state index is 13.1. The van der Waals surface area contributed by atoms with Gasteiger partial charge in [0.2, 0.25) is 0 Å². The van der Waals surface area contributed by atoms with E-state index in [4.69, 9.17) is 9.47 Å². The summed E-state index contributed by atoms with van der Waals surface area (Å²) in [6.07, 6.45) is 0. The van der Waals surface area contributed by atoms with E-state index in [1.54, 1.807) is 38.3 Å². The first-order valence-corrected chi connectivity index (χ1v) is 8.80. The van der Waals surface area contributed by atoms with Crippen molar-refractivity contribution in [3.8, 4) is 5.75 Å². The Morgan fingerprint density at radius 2 is 1.74 bits per heavy atom. The molecular weight excluding hydrogens is 344 g/mol. The van der Waals surface area contributed by atoms with Crippen LogP contribution in [0.4, 0.5) is 0 Å². The van der Waals surface area contributed by atoms with Crippen LogP contribution in [0.5, 0.6) is 5.75 Å². The van der Waals surface area contributed by atoms with E-state index in [9.17, 15) is 9.59 Å². The third-order valence-corrected chi connectivity index (χ3v) is 4.53. The van der Waals surface area contributed by atoms with E-state index < -0.39 is 17.9 Å². The highest BCUT2D eigenvalue weighted by Crippen LogP contribution is 2.30. The van der Waals surface area contributed by atoms with Gasteiger partial charge in [0.15, 0.2) is 11.5 Å². The lowest BCUT2D eigenvalue weighted by molar-refractivity contribution is -0.135. The van der Waals surface area contributed by atoms with Crippen molar-refractivity contribution >= 4 is 17.5 Å². The highest BCUT2D eigenvalue weighted by molar-refractivity contribution is 6.40. The predicted octanol–water partition coefficient (Wildman–Crippen LogP) is 2.86. The Labute approximate surface area is 158 Å². The second-order valence-corrected chi connectivity index (χ2v) is 6.31. The number of aryl methyl sites for hydroxylation is 1. The van der Waals surface area contributed by atoms with E-state index >= 15 is 0 Å². The standard InChI is InChI=1S/C21H22N2O4/c1-4-27-21(25)19-17(14-9-11-16(26-3)12-10-14)18(22-23-19)20(24)15-7-5-13(2)6-8-15/h5-12,17-18,22H,4H2,1-3H3/t17-,18+/m1/s1. The molecule has 1 aliphatic heterocycles. The zero-order valence-electron chi connectivity index (χ0n) is 15.6. The Bertz CT molecular complexity index is 857. The molecule has 0 fully saturated rings. The van der Waals surface area contributed by atoms with E-state index in [1.807, 2.05) is 31.2 Å². The van der Waals surface area contributed by atoms with Gasteiger partial charge in [-0.2, -0.15) is 5.10 Å². The first kappa shape index (κ1) is 18.6. The number of esters is 1. The smallest absolute Gasteiger partial charge is 0.355 e. The topological polar surface area (TPSA) is 77.0 Å². The van der Waals surface area contributed by atoms with Crippen LogP contribution in [0.2, 0.25) is 0 Å². The summed E-state index contributed by atoms with van der Waals surface area (Å²) in [7, 11) is 1.58. The zero-order valence-corrected chi connectivity index (χ0v) is 15.6. The summed E-state index contributed by atoms with van der Waals surface area (Å²) in [5.74, 6) is -0.492. The Morgan fingerprint density at radius 3 is 2.33 bits per heavy atom. The molecule has 0 aliphatic carbocycles. The van der Waals surface area contributed by atoms with Crippen LogP contribution in [0.25, 0.3) is 0 Å². The Hall–Kier alpha value is -3.15. The summed E-state index contributed by atoms with van der Waals surface area (Å²) in [6.45, 7) is 3.94. The van der Waals surface area contributed by atoms with Crippen LogP contribution >= 0.6 is 0 Å². The molecule has 3 rings (SSSR count). The minimum absolute atomic E-state index is 0.126. The van der Waals surface area contributed by atoms with E-state index in [1.165, 1.54) is 0 Å². The minimum Gasteiger partial charge on any atom is -0.497 e. The number of nitrogens with zero attached hydrogens (tertiary/aromatic N) is 1. The van der Waals surface area contributed by atoms with Crippen molar-refractivity contribution in [1.29, 1.82) is 0 Å². The normalized spacial score (nSPS) is 18.4. The number of Topliss-reactive ketones (excluding diaryl/α,β-unsaturated/α-hetero) is 1. The van der Waals surface area contributed by atoms with Gasteiger partial charge < -0.3 is 9.47 Å². The van der Waals surface area contributed by atoms with Crippen molar-refractivity contribution in [2.45, 2.75) is 25.8 Å². The molecule has 0 spiro atoms. The Morgan fingerprint density at radius 1 is 1.07 bits per heavy atom. The molecule has 1 heterocycles. The van der Waals surface area contributed by atoms with Crippen LogP contribution in [0.1, 0.15) is 34.3 Å². The van der Waals surface area contributed by atoms with E-state index in [-0.39, 0.29) is 18.1 Å². The van der Waals surface area contributed by atoms with Gasteiger partial charge in [0, 0.05) is 5.56 Å². The first-order valence-electron chi connectivity index (χ1n) is 8.80. The minimum atomic E-state index is -0.680. The lowest BCUT2D eigenvalue weighted by atomic mass is 9.84. The predicted molar refractivity (Wildman–Crippen MR) is 102 cm³/mol. The number of carbonyl (C=O) groups is 2. The fourth-order valence-electron chi connectivity index (χ4n) is 3.09. The van der Waals surface area contributed by atoms with E-state index in [2.05, 4.69) is 10.5 Å². The van der Waals surface area contributed by atoms with Gasteiger partial charge in [-0.1, -0.05) is 42.0 Å². The largest absolute Gasteiger partial charge is 0.497 e. The fraction of sp³-hybridized carbons (Fsp3) is 0.286. The molecular formula is C21H22N2O4. The van der Waals surface area contributed by atoms with Crippen molar-refractivity contribution in [2.24, 2.45) is 5.10 Å². The summed E-state index contributed by atoms with van der Waals surface area (Å²) >= 11 is 0. The number of methoxy groups -OCH3 is 1. The number of hydrazone groups is 1. The molecule has 2 aromatic rings. The Balaban J connectivity index is 1.95. The lowest BCUT2D eigenvalue weighted by Crippen LogP contribution is -2.37. The average molecular weight is 366 g/mol. The number of benzene rings is 2. The third-order valence-electron chi connectivity index (χ3n) is 4.53. The van der Waals surface area contributed by atoms with Crippen LogP contribution in [0.3, 0.4) is 0 Å². The van der Waals surface area contributed by atoms with Crippen molar-refractivity contribution in [3.05, 3.63) is 65.2 Å².